The molecule has 2 aromatic heterocycles. The van der Waals surface area contributed by atoms with Crippen molar-refractivity contribution in [3.05, 3.63) is 54.6 Å². The van der Waals surface area contributed by atoms with Crippen LogP contribution in [-0.2, 0) is 4.79 Å². The Morgan fingerprint density at radius 1 is 1.11 bits per heavy atom. The van der Waals surface area contributed by atoms with Crippen molar-refractivity contribution in [2.45, 2.75) is 19.8 Å². The number of aromatic nitrogens is 3. The molecule has 180 valence electrons. The zero-order valence-corrected chi connectivity index (χ0v) is 20.5. The van der Waals surface area contributed by atoms with Gasteiger partial charge < -0.3 is 19.7 Å². The van der Waals surface area contributed by atoms with Crippen molar-refractivity contribution in [3.63, 3.8) is 0 Å². The molecule has 9 heteroatoms. The Labute approximate surface area is 207 Å². The van der Waals surface area contributed by atoms with Crippen LogP contribution in [0, 0.1) is 5.92 Å². The number of anilines is 2. The molecule has 0 aliphatic carbocycles. The summed E-state index contributed by atoms with van der Waals surface area (Å²) < 4.78 is 11.8. The lowest BCUT2D eigenvalue weighted by Crippen LogP contribution is -2.41. The van der Waals surface area contributed by atoms with E-state index in [1.807, 2.05) is 61.5 Å². The summed E-state index contributed by atoms with van der Waals surface area (Å²) >= 11 is 1.46. The molecule has 1 fully saturated rings. The van der Waals surface area contributed by atoms with Crippen molar-refractivity contribution in [2.75, 3.05) is 37.0 Å². The van der Waals surface area contributed by atoms with E-state index < -0.39 is 0 Å². The number of thiazole rings is 1. The molecule has 0 saturated carbocycles. The quantitative estimate of drug-likeness (QED) is 0.390. The number of hydrogen-bond acceptors (Lipinski definition) is 8. The predicted molar refractivity (Wildman–Crippen MR) is 138 cm³/mol. The molecule has 1 unspecified atom stereocenters. The molecular weight excluding hydrogens is 462 g/mol. The summed E-state index contributed by atoms with van der Waals surface area (Å²) in [6.45, 7) is 4.01. The molecule has 4 aromatic rings. The van der Waals surface area contributed by atoms with Gasteiger partial charge in [-0.1, -0.05) is 11.3 Å². The fraction of sp³-hybridized carbons (Fsp3) is 0.308. The highest BCUT2D eigenvalue weighted by Crippen LogP contribution is 2.30. The van der Waals surface area contributed by atoms with Crippen LogP contribution in [0.15, 0.2) is 54.6 Å². The van der Waals surface area contributed by atoms with Crippen LogP contribution in [0.2, 0.25) is 0 Å². The summed E-state index contributed by atoms with van der Waals surface area (Å²) in [5, 5.41) is 12.5. The van der Waals surface area contributed by atoms with Crippen molar-refractivity contribution in [3.8, 4) is 22.8 Å². The molecule has 1 aliphatic heterocycles. The second kappa shape index (κ2) is 10.3. The van der Waals surface area contributed by atoms with E-state index in [9.17, 15) is 4.79 Å². The third-order valence-electron chi connectivity index (χ3n) is 6.05. The lowest BCUT2D eigenvalue weighted by atomic mass is 9.97. The Morgan fingerprint density at radius 2 is 1.94 bits per heavy atom. The highest BCUT2D eigenvalue weighted by atomic mass is 32.1. The number of carbonyl (C=O) groups excluding carboxylic acids is 1. The van der Waals surface area contributed by atoms with Gasteiger partial charge in [0.05, 0.1) is 35.5 Å². The van der Waals surface area contributed by atoms with E-state index in [0.717, 1.165) is 58.2 Å². The second-order valence-corrected chi connectivity index (χ2v) is 9.39. The van der Waals surface area contributed by atoms with E-state index in [0.29, 0.717) is 18.3 Å². The lowest BCUT2D eigenvalue weighted by molar-refractivity contribution is -0.120. The zero-order valence-electron chi connectivity index (χ0n) is 19.7. The van der Waals surface area contributed by atoms with Gasteiger partial charge in [0.25, 0.3) is 0 Å². The first-order valence-electron chi connectivity index (χ1n) is 11.7. The van der Waals surface area contributed by atoms with Crippen LogP contribution in [0.1, 0.15) is 19.8 Å². The van der Waals surface area contributed by atoms with Gasteiger partial charge in [0, 0.05) is 18.7 Å². The minimum absolute atomic E-state index is 0.0124. The van der Waals surface area contributed by atoms with Gasteiger partial charge in [-0.25, -0.2) is 4.98 Å². The van der Waals surface area contributed by atoms with Crippen LogP contribution in [-0.4, -0.2) is 47.9 Å². The lowest BCUT2D eigenvalue weighted by Gasteiger charge is -2.32. The molecule has 1 saturated heterocycles. The number of hydrogen-bond donors (Lipinski definition) is 1. The molecule has 5 rings (SSSR count). The van der Waals surface area contributed by atoms with Crippen molar-refractivity contribution in [2.24, 2.45) is 5.92 Å². The smallest absolute Gasteiger partial charge is 0.231 e. The summed E-state index contributed by atoms with van der Waals surface area (Å²) in [6.07, 6.45) is 1.75. The molecule has 3 heterocycles. The average molecular weight is 490 g/mol. The van der Waals surface area contributed by atoms with Gasteiger partial charge >= 0.3 is 0 Å². The largest absolute Gasteiger partial charge is 0.497 e. The third-order valence-corrected chi connectivity index (χ3v) is 6.99. The van der Waals surface area contributed by atoms with E-state index in [2.05, 4.69) is 25.4 Å². The number of nitrogens with one attached hydrogen (secondary N) is 1. The van der Waals surface area contributed by atoms with Crippen molar-refractivity contribution in [1.29, 1.82) is 0 Å². The normalized spacial score (nSPS) is 15.7. The molecule has 0 spiro atoms. The summed E-state index contributed by atoms with van der Waals surface area (Å²) in [5.74, 6) is 2.24. The number of fused-ring (bicyclic) bond motifs is 1. The van der Waals surface area contributed by atoms with E-state index >= 15 is 0 Å². The second-order valence-electron chi connectivity index (χ2n) is 8.36. The number of piperidine rings is 1. The summed E-state index contributed by atoms with van der Waals surface area (Å²) in [6, 6.07) is 17.4. The summed E-state index contributed by atoms with van der Waals surface area (Å²) in [7, 11) is 1.65. The molecule has 1 aliphatic rings. The van der Waals surface area contributed by atoms with Crippen LogP contribution >= 0.6 is 11.3 Å². The first-order valence-corrected chi connectivity index (χ1v) is 12.5. The van der Waals surface area contributed by atoms with Gasteiger partial charge in [0.15, 0.2) is 10.9 Å². The number of methoxy groups -OCH3 is 1. The van der Waals surface area contributed by atoms with Crippen molar-refractivity contribution >= 4 is 38.4 Å². The summed E-state index contributed by atoms with van der Waals surface area (Å²) in [4.78, 5) is 19.7. The van der Waals surface area contributed by atoms with Gasteiger partial charge in [-0.2, -0.15) is 0 Å². The maximum absolute atomic E-state index is 13.0. The Hall–Kier alpha value is -3.72. The highest BCUT2D eigenvalue weighted by Gasteiger charge is 2.27. The van der Waals surface area contributed by atoms with Crippen molar-refractivity contribution in [1.82, 2.24) is 15.2 Å². The van der Waals surface area contributed by atoms with E-state index in [-0.39, 0.29) is 11.8 Å². The third kappa shape index (κ3) is 5.19. The van der Waals surface area contributed by atoms with Gasteiger partial charge in [-0.3, -0.25) is 4.79 Å². The van der Waals surface area contributed by atoms with Crippen LogP contribution in [0.25, 0.3) is 21.5 Å². The van der Waals surface area contributed by atoms with Crippen LogP contribution in [0.5, 0.6) is 11.5 Å². The zero-order chi connectivity index (χ0) is 24.2. The minimum Gasteiger partial charge on any atom is -0.497 e. The van der Waals surface area contributed by atoms with Crippen LogP contribution < -0.4 is 19.7 Å². The topological polar surface area (TPSA) is 89.5 Å². The van der Waals surface area contributed by atoms with E-state index in [1.165, 1.54) is 11.3 Å². The number of carbonyl (C=O) groups is 1. The van der Waals surface area contributed by atoms with Crippen LogP contribution in [0.4, 0.5) is 10.9 Å². The van der Waals surface area contributed by atoms with Gasteiger partial charge in [-0.15, -0.1) is 10.2 Å². The molecule has 2 aromatic carbocycles. The molecule has 35 heavy (non-hydrogen) atoms. The monoisotopic (exact) mass is 489 g/mol. The Kier molecular flexibility index (Phi) is 6.76. The molecular formula is C26H27N5O3S. The molecule has 8 nitrogen and oxygen atoms in total. The number of benzene rings is 2. The highest BCUT2D eigenvalue weighted by molar-refractivity contribution is 7.22. The number of nitrogens with zero attached hydrogens (tertiary/aromatic N) is 4. The number of amides is 1. The molecule has 0 bridgehead atoms. The fourth-order valence-electron chi connectivity index (χ4n) is 4.23. The maximum atomic E-state index is 13.0. The van der Waals surface area contributed by atoms with Gasteiger partial charge in [0.2, 0.25) is 5.91 Å². The van der Waals surface area contributed by atoms with Gasteiger partial charge in [-0.05, 0) is 74.4 Å². The SMILES string of the molecule is CCOc1ccc2nc(NC(=O)C3CCCN(c4ccc(-c5ccc(OC)cc5)nn4)C3)sc2c1. The summed E-state index contributed by atoms with van der Waals surface area (Å²) in [5.41, 5.74) is 2.63. The fourth-order valence-corrected chi connectivity index (χ4v) is 5.13. The predicted octanol–water partition coefficient (Wildman–Crippen LogP) is 5.02. The molecule has 1 amide bonds. The number of ether oxygens (including phenoxy) is 2. The van der Waals surface area contributed by atoms with E-state index in [1.54, 1.807) is 7.11 Å². The number of rotatable bonds is 7. The Bertz CT molecular complexity index is 1310. The van der Waals surface area contributed by atoms with Crippen molar-refractivity contribution < 1.29 is 14.3 Å². The maximum Gasteiger partial charge on any atom is 0.231 e. The Balaban J connectivity index is 1.23. The molecule has 1 N–H and O–H groups in total. The minimum atomic E-state index is -0.141. The van der Waals surface area contributed by atoms with Crippen LogP contribution in [0.3, 0.4) is 0 Å². The van der Waals surface area contributed by atoms with E-state index in [4.69, 9.17) is 9.47 Å². The average Bonchev–Trinajstić information content (AvgIpc) is 3.30. The first kappa shape index (κ1) is 23.0. The first-order chi connectivity index (χ1) is 17.1. The van der Waals surface area contributed by atoms with Gasteiger partial charge in [0.1, 0.15) is 11.5 Å². The molecule has 1 atom stereocenters. The Morgan fingerprint density at radius 3 is 2.69 bits per heavy atom. The standard InChI is InChI=1S/C26H27N5O3S/c1-3-34-20-10-11-22-23(15-20)35-26(27-22)28-25(32)18-5-4-14-31(16-18)24-13-12-21(29-30-24)17-6-8-19(33-2)9-7-17/h6-13,15,18H,3-5,14,16H2,1-2H3,(H,27,28,32). The molecule has 0 radical (unpaired) electrons.